The second kappa shape index (κ2) is 4.94. The average Bonchev–Trinajstić information content (AvgIpc) is 2.15. The summed E-state index contributed by atoms with van der Waals surface area (Å²) in [7, 11) is -3.71. The van der Waals surface area contributed by atoms with Crippen molar-refractivity contribution in [1.29, 1.82) is 0 Å². The Morgan fingerprint density at radius 1 is 1.33 bits per heavy atom. The Morgan fingerprint density at radius 2 is 1.87 bits per heavy atom. The van der Waals surface area contributed by atoms with Gasteiger partial charge in [-0.25, -0.2) is 13.6 Å². The minimum absolute atomic E-state index is 0.187. The van der Waals surface area contributed by atoms with Gasteiger partial charge in [-0.15, -0.1) is 0 Å². The van der Waals surface area contributed by atoms with Crippen LogP contribution >= 0.6 is 11.6 Å². The van der Waals surface area contributed by atoms with Crippen LogP contribution in [0.2, 0.25) is 5.02 Å². The number of benzene rings is 1. The highest BCUT2D eigenvalue weighted by atomic mass is 35.5. The SMILES string of the molecule is NS(=O)(=O)C(CO)Cc1ccc(Cl)cc1. The highest BCUT2D eigenvalue weighted by Crippen LogP contribution is 2.12. The maximum absolute atomic E-state index is 11.0. The van der Waals surface area contributed by atoms with Gasteiger partial charge in [-0.3, -0.25) is 0 Å². The zero-order valence-corrected chi connectivity index (χ0v) is 9.50. The molecule has 0 fully saturated rings. The molecule has 15 heavy (non-hydrogen) atoms. The second-order valence-corrected chi connectivity index (χ2v) is 5.51. The Hall–Kier alpha value is -0.620. The van der Waals surface area contributed by atoms with Crippen molar-refractivity contribution in [2.75, 3.05) is 6.61 Å². The first kappa shape index (κ1) is 12.4. The molecule has 0 radical (unpaired) electrons. The molecule has 1 rings (SSSR count). The standard InChI is InChI=1S/C9H12ClNO3S/c10-8-3-1-7(2-4-8)5-9(6-12)15(11,13)14/h1-4,9,12H,5-6H2,(H2,11,13,14). The third-order valence-corrected chi connectivity index (χ3v) is 3.54. The molecule has 1 unspecified atom stereocenters. The second-order valence-electron chi connectivity index (χ2n) is 3.22. The Labute approximate surface area is 93.7 Å². The lowest BCUT2D eigenvalue weighted by atomic mass is 10.1. The Morgan fingerprint density at radius 3 is 2.27 bits per heavy atom. The van der Waals surface area contributed by atoms with Crippen molar-refractivity contribution >= 4 is 21.6 Å². The number of aliphatic hydroxyl groups excluding tert-OH is 1. The van der Waals surface area contributed by atoms with Gasteiger partial charge in [-0.1, -0.05) is 23.7 Å². The molecule has 0 aliphatic heterocycles. The van der Waals surface area contributed by atoms with Gasteiger partial charge < -0.3 is 5.11 Å². The maximum atomic E-state index is 11.0. The van der Waals surface area contributed by atoms with Crippen molar-refractivity contribution in [2.45, 2.75) is 11.7 Å². The smallest absolute Gasteiger partial charge is 0.214 e. The summed E-state index contributed by atoms with van der Waals surface area (Å²) in [6.45, 7) is -0.485. The molecule has 0 saturated heterocycles. The molecule has 84 valence electrons. The number of hydrogen-bond acceptors (Lipinski definition) is 3. The fraction of sp³-hybridized carbons (Fsp3) is 0.333. The van der Waals surface area contributed by atoms with E-state index in [2.05, 4.69) is 0 Å². The highest BCUT2D eigenvalue weighted by Gasteiger charge is 2.20. The van der Waals surface area contributed by atoms with Gasteiger partial charge in [0.1, 0.15) is 5.25 Å². The van der Waals surface area contributed by atoms with E-state index in [9.17, 15) is 8.42 Å². The van der Waals surface area contributed by atoms with Crippen LogP contribution in [0.1, 0.15) is 5.56 Å². The van der Waals surface area contributed by atoms with Gasteiger partial charge in [0.15, 0.2) is 0 Å². The van der Waals surface area contributed by atoms with E-state index >= 15 is 0 Å². The molecule has 0 aromatic heterocycles. The monoisotopic (exact) mass is 249 g/mol. The minimum Gasteiger partial charge on any atom is -0.395 e. The number of hydrogen-bond donors (Lipinski definition) is 2. The molecule has 4 nitrogen and oxygen atoms in total. The van der Waals surface area contributed by atoms with Gasteiger partial charge in [0.25, 0.3) is 0 Å². The fourth-order valence-corrected chi connectivity index (χ4v) is 1.93. The third-order valence-electron chi connectivity index (χ3n) is 2.04. The van der Waals surface area contributed by atoms with E-state index in [1.165, 1.54) is 0 Å². The minimum atomic E-state index is -3.71. The molecule has 1 atom stereocenters. The largest absolute Gasteiger partial charge is 0.395 e. The van der Waals surface area contributed by atoms with Crippen LogP contribution in [0.4, 0.5) is 0 Å². The predicted octanol–water partition coefficient (Wildman–Crippen LogP) is 0.532. The number of primary sulfonamides is 1. The Kier molecular flexibility index (Phi) is 4.10. The first-order valence-corrected chi connectivity index (χ1v) is 6.29. The summed E-state index contributed by atoms with van der Waals surface area (Å²) < 4.78 is 22.1. The first-order valence-electron chi connectivity index (χ1n) is 4.30. The summed E-state index contributed by atoms with van der Waals surface area (Å²) in [5, 5.41) is 13.5. The van der Waals surface area contributed by atoms with Crippen LogP contribution < -0.4 is 5.14 Å². The lowest BCUT2D eigenvalue weighted by Crippen LogP contribution is -2.33. The van der Waals surface area contributed by atoms with Crippen LogP contribution in [-0.2, 0) is 16.4 Å². The summed E-state index contributed by atoms with van der Waals surface area (Å²) >= 11 is 5.68. The molecule has 0 spiro atoms. The molecule has 0 amide bonds. The molecule has 0 aliphatic rings. The summed E-state index contributed by atoms with van der Waals surface area (Å²) in [6, 6.07) is 6.73. The van der Waals surface area contributed by atoms with Gasteiger partial charge in [-0.2, -0.15) is 0 Å². The zero-order valence-electron chi connectivity index (χ0n) is 7.93. The van der Waals surface area contributed by atoms with E-state index in [1.807, 2.05) is 0 Å². The molecular formula is C9H12ClNO3S. The molecule has 1 aromatic carbocycles. The van der Waals surface area contributed by atoms with Gasteiger partial charge in [-0.05, 0) is 24.1 Å². The summed E-state index contributed by atoms with van der Waals surface area (Å²) in [5.41, 5.74) is 0.771. The van der Waals surface area contributed by atoms with Crippen LogP contribution in [-0.4, -0.2) is 25.4 Å². The lowest BCUT2D eigenvalue weighted by Gasteiger charge is -2.11. The Balaban J connectivity index is 2.80. The van der Waals surface area contributed by atoms with Crippen LogP contribution in [0, 0.1) is 0 Å². The van der Waals surface area contributed by atoms with Gasteiger partial charge >= 0.3 is 0 Å². The van der Waals surface area contributed by atoms with E-state index in [-0.39, 0.29) is 6.42 Å². The summed E-state index contributed by atoms with van der Waals surface area (Å²) in [4.78, 5) is 0. The average molecular weight is 250 g/mol. The van der Waals surface area contributed by atoms with Crippen molar-refractivity contribution in [3.05, 3.63) is 34.9 Å². The van der Waals surface area contributed by atoms with E-state index in [0.717, 1.165) is 5.56 Å². The van der Waals surface area contributed by atoms with Crippen LogP contribution in [0.3, 0.4) is 0 Å². The summed E-state index contributed by atoms with van der Waals surface area (Å²) in [5.74, 6) is 0. The van der Waals surface area contributed by atoms with E-state index in [4.69, 9.17) is 21.8 Å². The quantitative estimate of drug-likeness (QED) is 0.817. The van der Waals surface area contributed by atoms with Crippen molar-refractivity contribution in [3.63, 3.8) is 0 Å². The number of aliphatic hydroxyl groups is 1. The van der Waals surface area contributed by atoms with Crippen LogP contribution in [0.15, 0.2) is 24.3 Å². The van der Waals surface area contributed by atoms with Crippen molar-refractivity contribution in [2.24, 2.45) is 5.14 Å². The van der Waals surface area contributed by atoms with Gasteiger partial charge in [0.2, 0.25) is 10.0 Å². The molecule has 0 heterocycles. The normalized spacial score (nSPS) is 13.8. The molecule has 0 saturated carbocycles. The van der Waals surface area contributed by atoms with Gasteiger partial charge in [0, 0.05) is 5.02 Å². The van der Waals surface area contributed by atoms with Crippen molar-refractivity contribution < 1.29 is 13.5 Å². The molecular weight excluding hydrogens is 238 g/mol. The fourth-order valence-electron chi connectivity index (χ4n) is 1.17. The molecule has 3 N–H and O–H groups in total. The third kappa shape index (κ3) is 3.79. The van der Waals surface area contributed by atoms with Gasteiger partial charge in [0.05, 0.1) is 6.61 Å². The molecule has 6 heteroatoms. The van der Waals surface area contributed by atoms with Crippen molar-refractivity contribution in [1.82, 2.24) is 0 Å². The first-order chi connectivity index (χ1) is 6.93. The molecule has 0 bridgehead atoms. The number of nitrogens with two attached hydrogens (primary N) is 1. The van der Waals surface area contributed by atoms with E-state index in [0.29, 0.717) is 5.02 Å². The maximum Gasteiger partial charge on any atom is 0.214 e. The van der Waals surface area contributed by atoms with Crippen molar-refractivity contribution in [3.8, 4) is 0 Å². The topological polar surface area (TPSA) is 80.4 Å². The van der Waals surface area contributed by atoms with Crippen LogP contribution in [0.25, 0.3) is 0 Å². The number of sulfonamides is 1. The summed E-state index contributed by atoms with van der Waals surface area (Å²) in [6.07, 6.45) is 0.187. The number of rotatable bonds is 4. The molecule has 1 aromatic rings. The zero-order chi connectivity index (χ0) is 11.5. The predicted molar refractivity (Wildman–Crippen MR) is 59.1 cm³/mol. The highest BCUT2D eigenvalue weighted by molar-refractivity contribution is 7.89. The lowest BCUT2D eigenvalue weighted by molar-refractivity contribution is 0.289. The van der Waals surface area contributed by atoms with E-state index < -0.39 is 21.9 Å². The number of halogens is 1. The van der Waals surface area contributed by atoms with E-state index in [1.54, 1.807) is 24.3 Å². The molecule has 0 aliphatic carbocycles. The van der Waals surface area contributed by atoms with Crippen LogP contribution in [0.5, 0.6) is 0 Å². The Bertz CT molecular complexity index is 415.